The van der Waals surface area contributed by atoms with Gasteiger partial charge >= 0.3 is 0 Å². The molecule has 0 amide bonds. The van der Waals surface area contributed by atoms with E-state index in [0.717, 1.165) is 31.7 Å². The van der Waals surface area contributed by atoms with Crippen molar-refractivity contribution in [2.45, 2.75) is 25.8 Å². The topological polar surface area (TPSA) is 36.4 Å². The summed E-state index contributed by atoms with van der Waals surface area (Å²) in [5.41, 5.74) is 1.03. The van der Waals surface area contributed by atoms with Gasteiger partial charge in [0.05, 0.1) is 5.69 Å². The first-order valence-electron chi connectivity index (χ1n) is 6.22. The molecule has 0 aromatic carbocycles. The summed E-state index contributed by atoms with van der Waals surface area (Å²) < 4.78 is 0. The van der Waals surface area contributed by atoms with E-state index in [2.05, 4.69) is 9.88 Å². The van der Waals surface area contributed by atoms with Crippen LogP contribution < -0.4 is 0 Å². The van der Waals surface area contributed by atoms with E-state index >= 15 is 0 Å². The number of nitrogens with zero attached hydrogens (tertiary/aromatic N) is 2. The lowest BCUT2D eigenvalue weighted by atomic mass is 9.95. The van der Waals surface area contributed by atoms with Gasteiger partial charge in [0.15, 0.2) is 0 Å². The first-order chi connectivity index (χ1) is 8.28. The van der Waals surface area contributed by atoms with Crippen LogP contribution in [0.3, 0.4) is 0 Å². The third-order valence-electron chi connectivity index (χ3n) is 3.30. The molecule has 1 aliphatic rings. The first kappa shape index (κ1) is 12.8. The molecule has 1 saturated heterocycles. The van der Waals surface area contributed by atoms with Crippen molar-refractivity contribution in [3.63, 3.8) is 0 Å². The van der Waals surface area contributed by atoms with Crippen LogP contribution in [0.5, 0.6) is 0 Å². The zero-order chi connectivity index (χ0) is 12.1. The van der Waals surface area contributed by atoms with Crippen molar-refractivity contribution in [3.8, 4) is 0 Å². The molecule has 0 radical (unpaired) electrons. The second kappa shape index (κ2) is 6.34. The summed E-state index contributed by atoms with van der Waals surface area (Å²) in [6.45, 7) is 3.35. The number of halogens is 1. The van der Waals surface area contributed by atoms with Crippen LogP contribution in [-0.2, 0) is 6.54 Å². The number of rotatable bonds is 4. The lowest BCUT2D eigenvalue weighted by molar-refractivity contribution is 0.141. The molecule has 1 aliphatic heterocycles. The Morgan fingerprint density at radius 2 is 2.35 bits per heavy atom. The number of pyridine rings is 1. The summed E-state index contributed by atoms with van der Waals surface area (Å²) in [5, 5.41) is 9.54. The number of aliphatic hydroxyl groups excluding tert-OH is 1. The van der Waals surface area contributed by atoms with Crippen LogP contribution in [0, 0.1) is 5.92 Å². The molecule has 1 fully saturated rings. The molecule has 1 atom stereocenters. The van der Waals surface area contributed by atoms with Crippen molar-refractivity contribution in [3.05, 3.63) is 29.0 Å². The maximum absolute atomic E-state index is 8.98. The zero-order valence-corrected chi connectivity index (χ0v) is 10.7. The maximum Gasteiger partial charge on any atom is 0.129 e. The molecule has 17 heavy (non-hydrogen) atoms. The van der Waals surface area contributed by atoms with Gasteiger partial charge in [-0.1, -0.05) is 17.7 Å². The number of piperidine rings is 1. The second-order valence-corrected chi connectivity index (χ2v) is 5.09. The van der Waals surface area contributed by atoms with Gasteiger partial charge in [0.2, 0.25) is 0 Å². The molecule has 94 valence electrons. The Labute approximate surface area is 107 Å². The third-order valence-corrected chi connectivity index (χ3v) is 3.51. The van der Waals surface area contributed by atoms with Gasteiger partial charge in [-0.25, -0.2) is 4.98 Å². The van der Waals surface area contributed by atoms with Gasteiger partial charge in [0, 0.05) is 19.7 Å². The first-order valence-corrected chi connectivity index (χ1v) is 6.60. The molecule has 2 rings (SSSR count). The van der Waals surface area contributed by atoms with E-state index < -0.39 is 0 Å². The Bertz CT molecular complexity index is 357. The third kappa shape index (κ3) is 3.95. The van der Waals surface area contributed by atoms with Gasteiger partial charge in [0.25, 0.3) is 0 Å². The lowest BCUT2D eigenvalue weighted by Crippen LogP contribution is -2.35. The average Bonchev–Trinajstić information content (AvgIpc) is 2.30. The van der Waals surface area contributed by atoms with E-state index in [4.69, 9.17) is 16.7 Å². The fourth-order valence-electron chi connectivity index (χ4n) is 2.48. The van der Waals surface area contributed by atoms with Crippen molar-refractivity contribution < 1.29 is 5.11 Å². The van der Waals surface area contributed by atoms with Crippen molar-refractivity contribution in [2.75, 3.05) is 19.7 Å². The van der Waals surface area contributed by atoms with Crippen LogP contribution in [-0.4, -0.2) is 34.7 Å². The van der Waals surface area contributed by atoms with Crippen LogP contribution in [0.1, 0.15) is 25.0 Å². The molecule has 1 aromatic heterocycles. The van der Waals surface area contributed by atoms with Gasteiger partial charge in [-0.15, -0.1) is 0 Å². The maximum atomic E-state index is 8.98. The van der Waals surface area contributed by atoms with E-state index in [0.29, 0.717) is 17.7 Å². The van der Waals surface area contributed by atoms with Crippen molar-refractivity contribution >= 4 is 11.6 Å². The number of likely N-dealkylation sites (tertiary alicyclic amines) is 1. The fraction of sp³-hybridized carbons (Fsp3) is 0.615. The fourth-order valence-corrected chi connectivity index (χ4v) is 2.66. The molecule has 1 N–H and O–H groups in total. The predicted molar refractivity (Wildman–Crippen MR) is 69.0 cm³/mol. The minimum atomic E-state index is 0.300. The molecular weight excluding hydrogens is 236 g/mol. The number of hydrogen-bond acceptors (Lipinski definition) is 3. The van der Waals surface area contributed by atoms with Gasteiger partial charge < -0.3 is 5.11 Å². The van der Waals surface area contributed by atoms with E-state index in [1.165, 1.54) is 12.8 Å². The molecule has 0 spiro atoms. The Morgan fingerprint density at radius 3 is 3.12 bits per heavy atom. The van der Waals surface area contributed by atoms with E-state index in [1.54, 1.807) is 6.07 Å². The summed E-state index contributed by atoms with van der Waals surface area (Å²) in [7, 11) is 0. The molecule has 1 aromatic rings. The van der Waals surface area contributed by atoms with E-state index in [9.17, 15) is 0 Å². The summed E-state index contributed by atoms with van der Waals surface area (Å²) >= 11 is 5.88. The minimum absolute atomic E-state index is 0.300. The monoisotopic (exact) mass is 254 g/mol. The van der Waals surface area contributed by atoms with Crippen LogP contribution >= 0.6 is 11.6 Å². The van der Waals surface area contributed by atoms with Crippen molar-refractivity contribution in [1.29, 1.82) is 0 Å². The molecule has 0 bridgehead atoms. The predicted octanol–water partition coefficient (Wildman–Crippen LogP) is 2.33. The van der Waals surface area contributed by atoms with Crippen LogP contribution in [0.2, 0.25) is 5.15 Å². The average molecular weight is 255 g/mol. The molecule has 1 unspecified atom stereocenters. The van der Waals surface area contributed by atoms with Crippen LogP contribution in [0.4, 0.5) is 0 Å². The summed E-state index contributed by atoms with van der Waals surface area (Å²) in [6, 6.07) is 5.76. The molecule has 3 nitrogen and oxygen atoms in total. The zero-order valence-electron chi connectivity index (χ0n) is 9.98. The molecule has 0 aliphatic carbocycles. The summed E-state index contributed by atoms with van der Waals surface area (Å²) in [6.07, 6.45) is 3.37. The normalized spacial score (nSPS) is 21.6. The Kier molecular flexibility index (Phi) is 4.77. The highest BCUT2D eigenvalue weighted by atomic mass is 35.5. The molecular formula is C13H19ClN2O. The lowest BCUT2D eigenvalue weighted by Gasteiger charge is -2.32. The van der Waals surface area contributed by atoms with Gasteiger partial charge in [0.1, 0.15) is 5.15 Å². The number of aliphatic hydroxyl groups is 1. The SMILES string of the molecule is OCCC1CCCN(Cc2cccc(Cl)n2)C1. The smallest absolute Gasteiger partial charge is 0.129 e. The number of hydrogen-bond donors (Lipinski definition) is 1. The minimum Gasteiger partial charge on any atom is -0.396 e. The highest BCUT2D eigenvalue weighted by molar-refractivity contribution is 6.29. The van der Waals surface area contributed by atoms with Crippen LogP contribution in [0.15, 0.2) is 18.2 Å². The Hall–Kier alpha value is -0.640. The number of aromatic nitrogens is 1. The second-order valence-electron chi connectivity index (χ2n) is 4.71. The standard InChI is InChI=1S/C13H19ClN2O/c14-13-5-1-4-12(15-13)10-16-7-2-3-11(9-16)6-8-17/h1,4-5,11,17H,2-3,6-10H2. The van der Waals surface area contributed by atoms with E-state index in [-0.39, 0.29) is 0 Å². The Balaban J connectivity index is 1.90. The van der Waals surface area contributed by atoms with Crippen molar-refractivity contribution in [1.82, 2.24) is 9.88 Å². The van der Waals surface area contributed by atoms with E-state index in [1.807, 2.05) is 12.1 Å². The highest BCUT2D eigenvalue weighted by Gasteiger charge is 2.19. The summed E-state index contributed by atoms with van der Waals surface area (Å²) in [4.78, 5) is 6.72. The van der Waals surface area contributed by atoms with Gasteiger partial charge in [-0.2, -0.15) is 0 Å². The van der Waals surface area contributed by atoms with Gasteiger partial charge in [-0.05, 0) is 43.9 Å². The van der Waals surface area contributed by atoms with Gasteiger partial charge in [-0.3, -0.25) is 4.90 Å². The molecule has 2 heterocycles. The quantitative estimate of drug-likeness (QED) is 0.838. The Morgan fingerprint density at radius 1 is 1.47 bits per heavy atom. The largest absolute Gasteiger partial charge is 0.396 e. The van der Waals surface area contributed by atoms with Crippen LogP contribution in [0.25, 0.3) is 0 Å². The van der Waals surface area contributed by atoms with Crippen molar-refractivity contribution in [2.24, 2.45) is 5.92 Å². The molecule has 0 saturated carbocycles. The molecule has 4 heteroatoms. The highest BCUT2D eigenvalue weighted by Crippen LogP contribution is 2.20. The summed E-state index contributed by atoms with van der Waals surface area (Å²) in [5.74, 6) is 0.632.